The molecule has 0 radical (unpaired) electrons. The third-order valence-electron chi connectivity index (χ3n) is 3.94. The molecule has 0 aromatic heterocycles. The summed E-state index contributed by atoms with van der Waals surface area (Å²) in [6.45, 7) is 1.65. The standard InChI is InChI=1S/C15H21ClN2O4S.ClH/c1-17-9-11-4-3-7-18(10-11)23(20,21)14-6-5-12(16)8-13(14)15(19)22-2;/h5-6,8,11,17H,3-4,7,9-10H2,1-2H3;1H. The average molecular weight is 397 g/mol. The number of sulfonamides is 1. The number of ether oxygens (including phenoxy) is 1. The van der Waals surface area contributed by atoms with Gasteiger partial charge in [-0.1, -0.05) is 11.6 Å². The highest BCUT2D eigenvalue weighted by Crippen LogP contribution is 2.27. The van der Waals surface area contributed by atoms with E-state index in [1.807, 2.05) is 7.05 Å². The Morgan fingerprint density at radius 2 is 2.17 bits per heavy atom. The SMILES string of the molecule is CNCC1CCCN(S(=O)(=O)c2ccc(Cl)cc2C(=O)OC)C1.Cl. The number of carbonyl (C=O) groups is 1. The van der Waals surface area contributed by atoms with Crippen molar-refractivity contribution in [2.24, 2.45) is 5.92 Å². The van der Waals surface area contributed by atoms with Crippen LogP contribution < -0.4 is 5.32 Å². The lowest BCUT2D eigenvalue weighted by atomic mass is 10.00. The summed E-state index contributed by atoms with van der Waals surface area (Å²) in [6.07, 6.45) is 1.78. The number of piperidine rings is 1. The van der Waals surface area contributed by atoms with Crippen LogP contribution in [0.4, 0.5) is 0 Å². The molecule has 6 nitrogen and oxygen atoms in total. The van der Waals surface area contributed by atoms with Crippen molar-refractivity contribution in [1.82, 2.24) is 9.62 Å². The summed E-state index contributed by atoms with van der Waals surface area (Å²) in [6, 6.07) is 4.16. The van der Waals surface area contributed by atoms with Crippen LogP contribution in [0, 0.1) is 5.92 Å². The molecule has 1 aromatic rings. The summed E-state index contributed by atoms with van der Waals surface area (Å²) < 4.78 is 32.0. The average Bonchev–Trinajstić information content (AvgIpc) is 2.54. The molecular weight excluding hydrogens is 375 g/mol. The first-order chi connectivity index (χ1) is 10.9. The highest BCUT2D eigenvalue weighted by atomic mass is 35.5. The van der Waals surface area contributed by atoms with E-state index < -0.39 is 16.0 Å². The molecule has 1 aliphatic rings. The minimum Gasteiger partial charge on any atom is -0.465 e. The summed E-state index contributed by atoms with van der Waals surface area (Å²) in [4.78, 5) is 11.9. The number of carbonyl (C=O) groups excluding carboxylic acids is 1. The number of esters is 1. The summed E-state index contributed by atoms with van der Waals surface area (Å²) in [5.41, 5.74) is -0.0317. The first-order valence-electron chi connectivity index (χ1n) is 7.42. The van der Waals surface area contributed by atoms with Crippen LogP contribution in [-0.2, 0) is 14.8 Å². The van der Waals surface area contributed by atoms with E-state index in [4.69, 9.17) is 11.6 Å². The van der Waals surface area contributed by atoms with Gasteiger partial charge in [0, 0.05) is 18.1 Å². The van der Waals surface area contributed by atoms with E-state index in [1.165, 1.54) is 29.6 Å². The highest BCUT2D eigenvalue weighted by Gasteiger charge is 2.33. The Morgan fingerprint density at radius 3 is 2.79 bits per heavy atom. The number of nitrogens with zero attached hydrogens (tertiary/aromatic N) is 1. The summed E-state index contributed by atoms with van der Waals surface area (Å²) in [7, 11) is -0.709. The second-order valence-corrected chi connectivity index (χ2v) is 7.90. The maximum absolute atomic E-state index is 12.9. The van der Waals surface area contributed by atoms with Gasteiger partial charge in [0.1, 0.15) is 0 Å². The van der Waals surface area contributed by atoms with Crippen LogP contribution in [0.25, 0.3) is 0 Å². The van der Waals surface area contributed by atoms with Crippen molar-refractivity contribution < 1.29 is 17.9 Å². The lowest BCUT2D eigenvalue weighted by Gasteiger charge is -2.32. The van der Waals surface area contributed by atoms with E-state index in [9.17, 15) is 13.2 Å². The normalized spacial score (nSPS) is 18.7. The Hall–Kier alpha value is -0.860. The van der Waals surface area contributed by atoms with Crippen LogP contribution >= 0.6 is 24.0 Å². The van der Waals surface area contributed by atoms with E-state index in [0.29, 0.717) is 13.1 Å². The molecule has 9 heteroatoms. The van der Waals surface area contributed by atoms with Gasteiger partial charge in [-0.3, -0.25) is 0 Å². The second-order valence-electron chi connectivity index (χ2n) is 5.56. The van der Waals surface area contributed by atoms with Crippen LogP contribution in [0.2, 0.25) is 5.02 Å². The summed E-state index contributed by atoms with van der Waals surface area (Å²) in [5, 5.41) is 3.37. The molecular formula is C15H22Cl2N2O4S. The third kappa shape index (κ3) is 4.61. The van der Waals surface area contributed by atoms with Gasteiger partial charge >= 0.3 is 5.97 Å². The molecule has 2 rings (SSSR count). The number of hydrogen-bond donors (Lipinski definition) is 1. The highest BCUT2D eigenvalue weighted by molar-refractivity contribution is 7.89. The molecule has 1 saturated heterocycles. The molecule has 0 bridgehead atoms. The van der Waals surface area contributed by atoms with Gasteiger partial charge in [-0.25, -0.2) is 13.2 Å². The van der Waals surface area contributed by atoms with Gasteiger partial charge in [-0.15, -0.1) is 12.4 Å². The Labute approximate surface area is 154 Å². The van der Waals surface area contributed by atoms with Gasteiger partial charge in [0.25, 0.3) is 0 Å². The molecule has 1 fully saturated rings. The van der Waals surface area contributed by atoms with Crippen molar-refractivity contribution in [2.75, 3.05) is 33.8 Å². The lowest BCUT2D eigenvalue weighted by molar-refractivity contribution is 0.0596. The number of benzene rings is 1. The fourth-order valence-corrected chi connectivity index (χ4v) is 4.72. The first kappa shape index (κ1) is 21.2. The van der Waals surface area contributed by atoms with Crippen molar-refractivity contribution in [2.45, 2.75) is 17.7 Å². The van der Waals surface area contributed by atoms with E-state index in [1.54, 1.807) is 0 Å². The predicted molar refractivity (Wildman–Crippen MR) is 95.4 cm³/mol. The molecule has 0 amide bonds. The third-order valence-corrected chi connectivity index (χ3v) is 6.10. The molecule has 0 aliphatic carbocycles. The van der Waals surface area contributed by atoms with Crippen LogP contribution in [0.15, 0.2) is 23.1 Å². The zero-order valence-corrected chi connectivity index (χ0v) is 16.0. The fraction of sp³-hybridized carbons (Fsp3) is 0.533. The lowest BCUT2D eigenvalue weighted by Crippen LogP contribution is -2.42. The van der Waals surface area contributed by atoms with E-state index in [-0.39, 0.29) is 33.8 Å². The molecule has 1 N–H and O–H groups in total. The molecule has 0 spiro atoms. The molecule has 1 unspecified atom stereocenters. The van der Waals surface area contributed by atoms with Gasteiger partial charge in [-0.2, -0.15) is 4.31 Å². The van der Waals surface area contributed by atoms with Gasteiger partial charge < -0.3 is 10.1 Å². The molecule has 1 aliphatic heterocycles. The number of halogens is 2. The number of methoxy groups -OCH3 is 1. The van der Waals surface area contributed by atoms with E-state index in [0.717, 1.165) is 19.4 Å². The Kier molecular flexibility index (Phi) is 7.95. The molecule has 1 atom stereocenters. The van der Waals surface area contributed by atoms with Crippen molar-refractivity contribution in [3.8, 4) is 0 Å². The molecule has 1 heterocycles. The van der Waals surface area contributed by atoms with Crippen molar-refractivity contribution in [3.05, 3.63) is 28.8 Å². The minimum absolute atomic E-state index is 0. The quantitative estimate of drug-likeness (QED) is 0.771. The Balaban J connectivity index is 0.00000288. The smallest absolute Gasteiger partial charge is 0.339 e. The van der Waals surface area contributed by atoms with Crippen LogP contribution in [-0.4, -0.2) is 52.5 Å². The Bertz CT molecular complexity index is 680. The van der Waals surface area contributed by atoms with Gasteiger partial charge in [0.15, 0.2) is 0 Å². The maximum Gasteiger partial charge on any atom is 0.339 e. The van der Waals surface area contributed by atoms with Gasteiger partial charge in [-0.05, 0) is 50.6 Å². The summed E-state index contributed by atoms with van der Waals surface area (Å²) >= 11 is 5.89. The molecule has 24 heavy (non-hydrogen) atoms. The largest absolute Gasteiger partial charge is 0.465 e. The van der Waals surface area contributed by atoms with Crippen LogP contribution in [0.1, 0.15) is 23.2 Å². The number of rotatable bonds is 5. The van der Waals surface area contributed by atoms with Crippen LogP contribution in [0.3, 0.4) is 0 Å². The molecule has 1 aromatic carbocycles. The number of hydrogen-bond acceptors (Lipinski definition) is 5. The van der Waals surface area contributed by atoms with Crippen LogP contribution in [0.5, 0.6) is 0 Å². The molecule has 136 valence electrons. The van der Waals surface area contributed by atoms with Crippen molar-refractivity contribution >= 4 is 40.0 Å². The fourth-order valence-electron chi connectivity index (χ4n) is 2.84. The second kappa shape index (κ2) is 9.01. The van der Waals surface area contributed by atoms with Gasteiger partial charge in [0.05, 0.1) is 17.6 Å². The van der Waals surface area contributed by atoms with Crippen molar-refractivity contribution in [1.29, 1.82) is 0 Å². The Morgan fingerprint density at radius 1 is 1.46 bits per heavy atom. The first-order valence-corrected chi connectivity index (χ1v) is 9.24. The number of nitrogens with one attached hydrogen (secondary N) is 1. The summed E-state index contributed by atoms with van der Waals surface area (Å²) in [5.74, 6) is -0.452. The minimum atomic E-state index is -3.77. The monoisotopic (exact) mass is 396 g/mol. The molecule has 0 saturated carbocycles. The maximum atomic E-state index is 12.9. The van der Waals surface area contributed by atoms with Gasteiger partial charge in [0.2, 0.25) is 10.0 Å². The van der Waals surface area contributed by atoms with Crippen molar-refractivity contribution in [3.63, 3.8) is 0 Å². The zero-order chi connectivity index (χ0) is 17.0. The predicted octanol–water partition coefficient (Wildman–Crippen LogP) is 2.17. The topological polar surface area (TPSA) is 75.7 Å². The van der Waals surface area contributed by atoms with E-state index >= 15 is 0 Å². The van der Waals surface area contributed by atoms with E-state index in [2.05, 4.69) is 10.1 Å². The zero-order valence-electron chi connectivity index (χ0n) is 13.6.